The molecular formula is C17H23BrN2S. The number of aryl methyl sites for hydroxylation is 2. The van der Waals surface area contributed by atoms with Crippen molar-refractivity contribution in [1.29, 1.82) is 0 Å². The van der Waals surface area contributed by atoms with Gasteiger partial charge in [0.15, 0.2) is 0 Å². The maximum atomic E-state index is 4.61. The lowest BCUT2D eigenvalue weighted by Gasteiger charge is -2.17. The van der Waals surface area contributed by atoms with E-state index >= 15 is 0 Å². The van der Waals surface area contributed by atoms with Crippen molar-refractivity contribution < 1.29 is 0 Å². The summed E-state index contributed by atoms with van der Waals surface area (Å²) in [7, 11) is 0. The lowest BCUT2D eigenvalue weighted by molar-refractivity contribution is 0.531. The second-order valence-electron chi connectivity index (χ2n) is 5.33. The lowest BCUT2D eigenvalue weighted by Crippen LogP contribution is -2.23. The van der Waals surface area contributed by atoms with Crippen molar-refractivity contribution in [1.82, 2.24) is 10.3 Å². The van der Waals surface area contributed by atoms with Gasteiger partial charge in [0.25, 0.3) is 0 Å². The van der Waals surface area contributed by atoms with Crippen LogP contribution in [-0.4, -0.2) is 11.5 Å². The zero-order valence-corrected chi connectivity index (χ0v) is 15.4. The highest BCUT2D eigenvalue weighted by molar-refractivity contribution is 9.11. The van der Waals surface area contributed by atoms with E-state index in [-0.39, 0.29) is 0 Å². The third kappa shape index (κ3) is 4.63. The van der Waals surface area contributed by atoms with Crippen molar-refractivity contribution >= 4 is 27.3 Å². The molecule has 1 unspecified atom stereocenters. The molecule has 4 heteroatoms. The first-order valence-corrected chi connectivity index (χ1v) is 9.18. The molecular weight excluding hydrogens is 344 g/mol. The summed E-state index contributed by atoms with van der Waals surface area (Å²) in [5, 5.41) is 3.65. The van der Waals surface area contributed by atoms with Crippen molar-refractivity contribution in [2.45, 2.75) is 46.1 Å². The lowest BCUT2D eigenvalue weighted by atomic mass is 10.1. The van der Waals surface area contributed by atoms with Crippen LogP contribution in [-0.2, 0) is 12.8 Å². The minimum Gasteiger partial charge on any atom is -0.309 e. The van der Waals surface area contributed by atoms with E-state index in [0.29, 0.717) is 6.04 Å². The van der Waals surface area contributed by atoms with E-state index in [1.54, 1.807) is 0 Å². The first-order valence-electron chi connectivity index (χ1n) is 7.57. The number of hydrogen-bond donors (Lipinski definition) is 1. The van der Waals surface area contributed by atoms with Gasteiger partial charge in [-0.3, -0.25) is 4.98 Å². The summed E-state index contributed by atoms with van der Waals surface area (Å²) < 4.78 is 1.23. The first-order chi connectivity index (χ1) is 10.1. The summed E-state index contributed by atoms with van der Waals surface area (Å²) in [6.07, 6.45) is 5.13. The summed E-state index contributed by atoms with van der Waals surface area (Å²) in [4.78, 5) is 5.99. The number of thiophene rings is 1. The molecule has 1 N–H and O–H groups in total. The predicted molar refractivity (Wildman–Crippen MR) is 95.1 cm³/mol. The highest BCUT2D eigenvalue weighted by Gasteiger charge is 2.16. The molecule has 1 atom stereocenters. The van der Waals surface area contributed by atoms with Gasteiger partial charge in [-0.15, -0.1) is 11.3 Å². The van der Waals surface area contributed by atoms with Crippen LogP contribution < -0.4 is 5.32 Å². The fourth-order valence-corrected chi connectivity index (χ4v) is 3.89. The summed E-state index contributed by atoms with van der Waals surface area (Å²) in [5.74, 6) is 0. The zero-order chi connectivity index (χ0) is 15.2. The average molecular weight is 367 g/mol. The molecule has 0 saturated carbocycles. The minimum atomic E-state index is 0.347. The normalized spacial score (nSPS) is 12.6. The Morgan fingerprint density at radius 2 is 2.14 bits per heavy atom. The number of halogens is 1. The largest absolute Gasteiger partial charge is 0.309 e. The van der Waals surface area contributed by atoms with E-state index in [1.165, 1.54) is 19.8 Å². The molecule has 2 aromatic heterocycles. The van der Waals surface area contributed by atoms with Crippen LogP contribution in [0.3, 0.4) is 0 Å². The van der Waals surface area contributed by atoms with Crippen molar-refractivity contribution in [2.75, 3.05) is 6.54 Å². The molecule has 0 bridgehead atoms. The van der Waals surface area contributed by atoms with Crippen LogP contribution in [0.2, 0.25) is 0 Å². The second kappa shape index (κ2) is 8.06. The van der Waals surface area contributed by atoms with Crippen LogP contribution in [0.25, 0.3) is 0 Å². The third-order valence-electron chi connectivity index (χ3n) is 3.57. The molecule has 0 aliphatic carbocycles. The molecule has 0 aliphatic heterocycles. The first kappa shape index (κ1) is 16.7. The molecule has 0 saturated heterocycles. The fourth-order valence-electron chi connectivity index (χ4n) is 2.24. The number of rotatable bonds is 7. The molecule has 2 rings (SSSR count). The topological polar surface area (TPSA) is 24.9 Å². The Hall–Kier alpha value is -0.710. The van der Waals surface area contributed by atoms with Gasteiger partial charge in [-0.05, 0) is 65.5 Å². The van der Waals surface area contributed by atoms with E-state index in [4.69, 9.17) is 0 Å². The molecule has 0 aliphatic rings. The maximum Gasteiger partial charge on any atom is 0.0731 e. The van der Waals surface area contributed by atoms with Gasteiger partial charge in [-0.2, -0.15) is 0 Å². The summed E-state index contributed by atoms with van der Waals surface area (Å²) in [6, 6.07) is 6.98. The monoisotopic (exact) mass is 366 g/mol. The number of nitrogens with one attached hydrogen (secondary N) is 1. The van der Waals surface area contributed by atoms with Gasteiger partial charge in [-0.1, -0.05) is 19.9 Å². The molecule has 2 aromatic rings. The molecule has 21 heavy (non-hydrogen) atoms. The SMILES string of the molecule is CCCNC(Cc1ccc(CC)cn1)c1cc(C)c(Br)s1. The van der Waals surface area contributed by atoms with E-state index in [2.05, 4.69) is 65.2 Å². The Morgan fingerprint density at radius 3 is 2.67 bits per heavy atom. The standard InChI is InChI=1S/C17H23BrN2S/c1-4-8-19-15(16-9-12(3)17(18)21-16)10-14-7-6-13(5-2)11-20-14/h6-7,9,11,15,19H,4-5,8,10H2,1-3H3. The van der Waals surface area contributed by atoms with Gasteiger partial charge < -0.3 is 5.32 Å². The third-order valence-corrected chi connectivity index (χ3v) is 5.82. The van der Waals surface area contributed by atoms with Crippen LogP contribution in [0.4, 0.5) is 0 Å². The summed E-state index contributed by atoms with van der Waals surface area (Å²) in [6.45, 7) is 7.55. The van der Waals surface area contributed by atoms with Crippen molar-refractivity contribution in [3.8, 4) is 0 Å². The summed E-state index contributed by atoms with van der Waals surface area (Å²) in [5.41, 5.74) is 3.77. The number of nitrogens with zero attached hydrogens (tertiary/aromatic N) is 1. The van der Waals surface area contributed by atoms with Crippen LogP contribution >= 0.6 is 27.3 Å². The van der Waals surface area contributed by atoms with Crippen LogP contribution in [0.5, 0.6) is 0 Å². The van der Waals surface area contributed by atoms with E-state index in [0.717, 1.165) is 31.5 Å². The van der Waals surface area contributed by atoms with E-state index in [1.807, 2.05) is 17.5 Å². The van der Waals surface area contributed by atoms with E-state index < -0.39 is 0 Å². The zero-order valence-electron chi connectivity index (χ0n) is 12.9. The molecule has 2 heterocycles. The van der Waals surface area contributed by atoms with Crippen molar-refractivity contribution in [3.63, 3.8) is 0 Å². The van der Waals surface area contributed by atoms with Gasteiger partial charge in [0.2, 0.25) is 0 Å². The van der Waals surface area contributed by atoms with E-state index in [9.17, 15) is 0 Å². The molecule has 0 spiro atoms. The van der Waals surface area contributed by atoms with Gasteiger partial charge in [-0.25, -0.2) is 0 Å². The quantitative estimate of drug-likeness (QED) is 0.740. The van der Waals surface area contributed by atoms with Crippen LogP contribution in [0.1, 0.15) is 48.0 Å². The summed E-state index contributed by atoms with van der Waals surface area (Å²) >= 11 is 5.46. The van der Waals surface area contributed by atoms with Crippen molar-refractivity contribution in [3.05, 3.63) is 49.9 Å². The van der Waals surface area contributed by atoms with Crippen LogP contribution in [0.15, 0.2) is 28.2 Å². The molecule has 2 nitrogen and oxygen atoms in total. The number of pyridine rings is 1. The van der Waals surface area contributed by atoms with Crippen LogP contribution in [0, 0.1) is 6.92 Å². The molecule has 0 amide bonds. The molecule has 114 valence electrons. The average Bonchev–Trinajstić information content (AvgIpc) is 2.83. The van der Waals surface area contributed by atoms with Gasteiger partial charge >= 0.3 is 0 Å². The number of hydrogen-bond acceptors (Lipinski definition) is 3. The molecule has 0 aromatic carbocycles. The number of aromatic nitrogens is 1. The smallest absolute Gasteiger partial charge is 0.0731 e. The minimum absolute atomic E-state index is 0.347. The molecule has 0 fully saturated rings. The maximum absolute atomic E-state index is 4.61. The highest BCUT2D eigenvalue weighted by Crippen LogP contribution is 2.32. The van der Waals surface area contributed by atoms with Crippen molar-refractivity contribution in [2.24, 2.45) is 0 Å². The second-order valence-corrected chi connectivity index (χ2v) is 7.73. The van der Waals surface area contributed by atoms with Gasteiger partial charge in [0.1, 0.15) is 0 Å². The fraction of sp³-hybridized carbons (Fsp3) is 0.471. The Balaban J connectivity index is 2.15. The Morgan fingerprint density at radius 1 is 1.33 bits per heavy atom. The van der Waals surface area contributed by atoms with Gasteiger partial charge in [0.05, 0.1) is 3.79 Å². The Bertz CT molecular complexity index is 543. The van der Waals surface area contributed by atoms with Gasteiger partial charge in [0, 0.05) is 29.2 Å². The Labute approximate surface area is 140 Å². The highest BCUT2D eigenvalue weighted by atomic mass is 79.9. The Kier molecular flexibility index (Phi) is 6.40. The predicted octanol–water partition coefficient (Wildman–Crippen LogP) is 5.06. The molecule has 0 radical (unpaired) electrons.